The van der Waals surface area contributed by atoms with E-state index in [1.54, 1.807) is 12.3 Å². The topological polar surface area (TPSA) is 97.5 Å². The predicted octanol–water partition coefficient (Wildman–Crippen LogP) is 3.24. The van der Waals surface area contributed by atoms with E-state index < -0.39 is 6.23 Å². The van der Waals surface area contributed by atoms with E-state index in [1.807, 2.05) is 56.7 Å². The summed E-state index contributed by atoms with van der Waals surface area (Å²) in [5.41, 5.74) is 2.33. The molecule has 0 aliphatic heterocycles. The minimum Gasteiger partial charge on any atom is -0.467 e. The van der Waals surface area contributed by atoms with Crippen molar-refractivity contribution in [2.75, 3.05) is 13.1 Å². The zero-order chi connectivity index (χ0) is 23.1. The van der Waals surface area contributed by atoms with Crippen LogP contribution in [0.1, 0.15) is 48.5 Å². The van der Waals surface area contributed by atoms with Crippen LogP contribution in [0, 0.1) is 6.92 Å². The summed E-state index contributed by atoms with van der Waals surface area (Å²) in [6.07, 6.45) is 2.49. The van der Waals surface area contributed by atoms with Crippen molar-refractivity contribution in [2.24, 2.45) is 7.05 Å². The van der Waals surface area contributed by atoms with Gasteiger partial charge in [0.1, 0.15) is 11.5 Å². The number of nitrogens with one attached hydrogen (secondary N) is 3. The second kappa shape index (κ2) is 10.9. The molecule has 3 rings (SSSR count). The van der Waals surface area contributed by atoms with E-state index in [0.29, 0.717) is 36.7 Å². The molecule has 1 unspecified atom stereocenters. The number of ether oxygens (including phenoxy) is 1. The van der Waals surface area contributed by atoms with Crippen molar-refractivity contribution in [1.82, 2.24) is 20.5 Å². The summed E-state index contributed by atoms with van der Waals surface area (Å²) in [5.74, 6) is 0.802. The minimum atomic E-state index is -0.806. The minimum absolute atomic E-state index is 0.192. The molecule has 172 valence electrons. The average molecular weight is 441 g/mol. The molecule has 0 aliphatic rings. The average Bonchev–Trinajstić information content (AvgIpc) is 3.40. The lowest BCUT2D eigenvalue weighted by atomic mass is 10.1. The fourth-order valence-electron chi connectivity index (χ4n) is 3.52. The Kier molecular flexibility index (Phi) is 7.94. The SMILES string of the molecule is CCCNC(=O)C(NCCC)Oc1ccc2c(c1)c(C(=O)NCc1ccco1)c(C)n2C. The number of nitrogens with zero attached hydrogens (tertiary/aromatic N) is 1. The first-order valence-electron chi connectivity index (χ1n) is 11.0. The number of aromatic nitrogens is 1. The number of aryl methyl sites for hydroxylation is 1. The molecule has 2 aromatic heterocycles. The monoisotopic (exact) mass is 440 g/mol. The second-order valence-electron chi connectivity index (χ2n) is 7.70. The van der Waals surface area contributed by atoms with Gasteiger partial charge >= 0.3 is 0 Å². The summed E-state index contributed by atoms with van der Waals surface area (Å²) in [4.78, 5) is 25.5. The maximum atomic E-state index is 13.0. The van der Waals surface area contributed by atoms with E-state index in [4.69, 9.17) is 9.15 Å². The molecule has 1 aromatic carbocycles. The van der Waals surface area contributed by atoms with E-state index in [-0.39, 0.29) is 11.8 Å². The Morgan fingerprint density at radius 2 is 1.91 bits per heavy atom. The predicted molar refractivity (Wildman–Crippen MR) is 124 cm³/mol. The lowest BCUT2D eigenvalue weighted by Gasteiger charge is -2.20. The van der Waals surface area contributed by atoms with Crippen molar-refractivity contribution < 1.29 is 18.7 Å². The first-order chi connectivity index (χ1) is 15.5. The van der Waals surface area contributed by atoms with Crippen molar-refractivity contribution >= 4 is 22.7 Å². The number of carbonyl (C=O) groups is 2. The van der Waals surface area contributed by atoms with Gasteiger partial charge in [-0.25, -0.2) is 0 Å². The van der Waals surface area contributed by atoms with Gasteiger partial charge in [-0.3, -0.25) is 14.9 Å². The Morgan fingerprint density at radius 1 is 1.12 bits per heavy atom. The Bertz CT molecular complexity index is 1060. The van der Waals surface area contributed by atoms with Crippen LogP contribution < -0.4 is 20.7 Å². The van der Waals surface area contributed by atoms with Crippen LogP contribution in [-0.4, -0.2) is 35.7 Å². The standard InChI is InChI=1S/C24H32N4O4/c1-5-11-25-23(30)24(26-12-6-2)32-17-9-10-20-19(14-17)21(16(3)28(20)4)22(29)27-15-18-8-7-13-31-18/h7-10,13-14,24,26H,5-6,11-12,15H2,1-4H3,(H,25,30)(H,27,29). The molecule has 3 aromatic rings. The highest BCUT2D eigenvalue weighted by Crippen LogP contribution is 2.29. The summed E-state index contributed by atoms with van der Waals surface area (Å²) in [6.45, 7) is 7.48. The zero-order valence-corrected chi connectivity index (χ0v) is 19.2. The number of carbonyl (C=O) groups excluding carboxylic acids is 2. The molecular weight excluding hydrogens is 408 g/mol. The van der Waals surface area contributed by atoms with E-state index in [0.717, 1.165) is 29.4 Å². The van der Waals surface area contributed by atoms with Gasteiger partial charge in [-0.2, -0.15) is 0 Å². The maximum absolute atomic E-state index is 13.0. The number of rotatable bonds is 11. The number of amides is 2. The van der Waals surface area contributed by atoms with Crippen molar-refractivity contribution in [1.29, 1.82) is 0 Å². The smallest absolute Gasteiger partial charge is 0.276 e. The summed E-state index contributed by atoms with van der Waals surface area (Å²) >= 11 is 0. The molecule has 32 heavy (non-hydrogen) atoms. The molecule has 0 saturated heterocycles. The van der Waals surface area contributed by atoms with Crippen molar-refractivity contribution in [2.45, 2.75) is 46.4 Å². The number of fused-ring (bicyclic) bond motifs is 1. The fourth-order valence-corrected chi connectivity index (χ4v) is 3.52. The summed E-state index contributed by atoms with van der Waals surface area (Å²) in [5, 5.41) is 9.68. The van der Waals surface area contributed by atoms with Gasteiger partial charge in [0.05, 0.1) is 18.4 Å². The summed E-state index contributed by atoms with van der Waals surface area (Å²) < 4.78 is 13.3. The van der Waals surface area contributed by atoms with Gasteiger partial charge in [-0.05, 0) is 56.6 Å². The molecule has 0 bridgehead atoms. The number of benzene rings is 1. The van der Waals surface area contributed by atoms with E-state index in [2.05, 4.69) is 16.0 Å². The second-order valence-corrected chi connectivity index (χ2v) is 7.70. The third-order valence-corrected chi connectivity index (χ3v) is 5.31. The first kappa shape index (κ1) is 23.4. The molecule has 0 spiro atoms. The van der Waals surface area contributed by atoms with Crippen LogP contribution in [0.5, 0.6) is 5.75 Å². The van der Waals surface area contributed by atoms with Crippen LogP contribution in [-0.2, 0) is 18.4 Å². The molecule has 0 saturated carbocycles. The van der Waals surface area contributed by atoms with Gasteiger partial charge in [0.25, 0.3) is 11.8 Å². The van der Waals surface area contributed by atoms with E-state index in [1.165, 1.54) is 0 Å². The highest BCUT2D eigenvalue weighted by Gasteiger charge is 2.22. The van der Waals surface area contributed by atoms with Crippen molar-refractivity contribution in [3.63, 3.8) is 0 Å². The third kappa shape index (κ3) is 5.31. The fraction of sp³-hybridized carbons (Fsp3) is 0.417. The van der Waals surface area contributed by atoms with Crippen molar-refractivity contribution in [3.8, 4) is 5.75 Å². The molecule has 2 amide bonds. The lowest BCUT2D eigenvalue weighted by molar-refractivity contribution is -0.129. The quantitative estimate of drug-likeness (QED) is 0.398. The van der Waals surface area contributed by atoms with Crippen LogP contribution >= 0.6 is 0 Å². The third-order valence-electron chi connectivity index (χ3n) is 5.31. The van der Waals surface area contributed by atoms with Gasteiger partial charge in [0.15, 0.2) is 0 Å². The lowest BCUT2D eigenvalue weighted by Crippen LogP contribution is -2.48. The van der Waals surface area contributed by atoms with Crippen LogP contribution in [0.15, 0.2) is 41.0 Å². The van der Waals surface area contributed by atoms with Crippen LogP contribution in [0.4, 0.5) is 0 Å². The van der Waals surface area contributed by atoms with Gasteiger partial charge in [-0.15, -0.1) is 0 Å². The highest BCUT2D eigenvalue weighted by atomic mass is 16.5. The molecule has 2 heterocycles. The molecule has 8 heteroatoms. The molecule has 8 nitrogen and oxygen atoms in total. The largest absolute Gasteiger partial charge is 0.467 e. The Hall–Kier alpha value is -3.26. The Morgan fingerprint density at radius 3 is 2.59 bits per heavy atom. The molecule has 0 fully saturated rings. The van der Waals surface area contributed by atoms with Gasteiger partial charge < -0.3 is 24.4 Å². The molecule has 0 aliphatic carbocycles. The van der Waals surface area contributed by atoms with Gasteiger partial charge in [0.2, 0.25) is 6.23 Å². The van der Waals surface area contributed by atoms with Crippen LogP contribution in [0.25, 0.3) is 10.9 Å². The number of furan rings is 1. The normalized spacial score (nSPS) is 12.0. The number of hydrogen-bond donors (Lipinski definition) is 3. The van der Waals surface area contributed by atoms with Gasteiger partial charge in [-0.1, -0.05) is 13.8 Å². The zero-order valence-electron chi connectivity index (χ0n) is 19.2. The Balaban J connectivity index is 1.86. The van der Waals surface area contributed by atoms with Gasteiger partial charge in [0, 0.05) is 30.2 Å². The first-order valence-corrected chi connectivity index (χ1v) is 11.0. The van der Waals surface area contributed by atoms with Crippen LogP contribution in [0.2, 0.25) is 0 Å². The number of hydrogen-bond acceptors (Lipinski definition) is 5. The molecule has 1 atom stereocenters. The molecular formula is C24H32N4O4. The van der Waals surface area contributed by atoms with E-state index >= 15 is 0 Å². The molecule has 3 N–H and O–H groups in total. The molecule has 0 radical (unpaired) electrons. The van der Waals surface area contributed by atoms with E-state index in [9.17, 15) is 9.59 Å². The van der Waals surface area contributed by atoms with Crippen molar-refractivity contribution in [3.05, 3.63) is 53.6 Å². The summed E-state index contributed by atoms with van der Waals surface area (Å²) in [6, 6.07) is 9.14. The summed E-state index contributed by atoms with van der Waals surface area (Å²) in [7, 11) is 1.92. The highest BCUT2D eigenvalue weighted by molar-refractivity contribution is 6.08. The maximum Gasteiger partial charge on any atom is 0.276 e. The van der Waals surface area contributed by atoms with Crippen LogP contribution in [0.3, 0.4) is 0 Å². The Labute approximate surface area is 188 Å².